The van der Waals surface area contributed by atoms with E-state index < -0.39 is 16.6 Å². The molecule has 2 aromatic carbocycles. The highest BCUT2D eigenvalue weighted by atomic mass is 19.1. The van der Waals surface area contributed by atoms with Crippen molar-refractivity contribution in [3.05, 3.63) is 58.1 Å². The van der Waals surface area contributed by atoms with Gasteiger partial charge in [-0.2, -0.15) is 0 Å². The van der Waals surface area contributed by atoms with E-state index in [0.717, 1.165) is 18.2 Å². The number of hydrogen-bond donors (Lipinski definition) is 1. The van der Waals surface area contributed by atoms with Crippen LogP contribution in [0.1, 0.15) is 0 Å². The van der Waals surface area contributed by atoms with Gasteiger partial charge in [0.1, 0.15) is 5.82 Å². The average molecular weight is 266 g/mol. The quantitative estimate of drug-likeness (QED) is 0.525. The van der Waals surface area contributed by atoms with E-state index >= 15 is 0 Å². The molecule has 2 N–H and O–H groups in total. The lowest BCUT2D eigenvalue weighted by Gasteiger charge is -2.08. The van der Waals surface area contributed by atoms with Gasteiger partial charge in [-0.15, -0.1) is 0 Å². The summed E-state index contributed by atoms with van der Waals surface area (Å²) in [7, 11) is 0. The van der Waals surface area contributed by atoms with E-state index in [1.807, 2.05) is 0 Å². The lowest BCUT2D eigenvalue weighted by Crippen LogP contribution is -1.96. The molecular formula is C12H8F2N2O3. The van der Waals surface area contributed by atoms with Crippen LogP contribution in [0.15, 0.2) is 36.4 Å². The first-order chi connectivity index (χ1) is 8.97. The minimum atomic E-state index is -0.925. The van der Waals surface area contributed by atoms with Crippen molar-refractivity contribution in [2.24, 2.45) is 0 Å². The highest BCUT2D eigenvalue weighted by Crippen LogP contribution is 2.32. The minimum Gasteiger partial charge on any atom is -0.452 e. The Labute approximate surface area is 106 Å². The third kappa shape index (κ3) is 2.76. The third-order valence-corrected chi connectivity index (χ3v) is 2.32. The van der Waals surface area contributed by atoms with E-state index in [1.54, 1.807) is 0 Å². The summed E-state index contributed by atoms with van der Waals surface area (Å²) >= 11 is 0. The number of nitro benzene ring substituents is 1. The molecule has 0 amide bonds. The maximum atomic E-state index is 13.4. The Balaban J connectivity index is 2.37. The second-order valence-corrected chi connectivity index (χ2v) is 3.66. The Kier molecular flexibility index (Phi) is 3.28. The van der Waals surface area contributed by atoms with E-state index in [9.17, 15) is 18.9 Å². The first-order valence-electron chi connectivity index (χ1n) is 5.14. The maximum Gasteiger partial charge on any atom is 0.273 e. The summed E-state index contributed by atoms with van der Waals surface area (Å²) in [5.74, 6) is -2.02. The number of hydrogen-bond acceptors (Lipinski definition) is 4. The second-order valence-electron chi connectivity index (χ2n) is 3.66. The van der Waals surface area contributed by atoms with Crippen LogP contribution in [0.4, 0.5) is 20.2 Å². The zero-order valence-electron chi connectivity index (χ0n) is 9.47. The van der Waals surface area contributed by atoms with Gasteiger partial charge in [-0.3, -0.25) is 10.1 Å². The lowest BCUT2D eigenvalue weighted by atomic mass is 10.2. The molecule has 5 nitrogen and oxygen atoms in total. The van der Waals surface area contributed by atoms with Crippen LogP contribution in [0.3, 0.4) is 0 Å². The molecule has 0 aliphatic rings. The number of nitrogens with two attached hydrogens (primary N) is 1. The fourth-order valence-electron chi connectivity index (χ4n) is 1.40. The molecule has 0 saturated carbocycles. The number of nitrogens with zero attached hydrogens (tertiary/aromatic N) is 1. The second kappa shape index (κ2) is 4.89. The van der Waals surface area contributed by atoms with E-state index in [1.165, 1.54) is 12.1 Å². The number of rotatable bonds is 3. The van der Waals surface area contributed by atoms with Crippen molar-refractivity contribution >= 4 is 11.4 Å². The predicted octanol–water partition coefficient (Wildman–Crippen LogP) is 3.25. The van der Waals surface area contributed by atoms with Gasteiger partial charge < -0.3 is 10.5 Å². The molecular weight excluding hydrogens is 258 g/mol. The molecule has 19 heavy (non-hydrogen) atoms. The number of nitro groups is 1. The molecule has 0 unspecified atom stereocenters. The summed E-state index contributed by atoms with van der Waals surface area (Å²) in [6.07, 6.45) is 0. The summed E-state index contributed by atoms with van der Waals surface area (Å²) in [6, 6.07) is 6.26. The maximum absolute atomic E-state index is 13.4. The Hall–Kier alpha value is -2.70. The fraction of sp³-hybridized carbons (Fsp3) is 0. The van der Waals surface area contributed by atoms with Crippen molar-refractivity contribution < 1.29 is 18.4 Å². The van der Waals surface area contributed by atoms with Crippen molar-refractivity contribution in [1.82, 2.24) is 0 Å². The molecule has 0 radical (unpaired) electrons. The Morgan fingerprint density at radius 3 is 2.47 bits per heavy atom. The summed E-state index contributed by atoms with van der Waals surface area (Å²) in [5, 5.41) is 10.6. The van der Waals surface area contributed by atoms with E-state index in [-0.39, 0.29) is 22.9 Å². The molecule has 0 aliphatic carbocycles. The van der Waals surface area contributed by atoms with Gasteiger partial charge in [-0.25, -0.2) is 8.78 Å². The first kappa shape index (κ1) is 12.7. The number of anilines is 1. The van der Waals surface area contributed by atoms with Crippen LogP contribution in [0, 0.1) is 21.7 Å². The number of ether oxygens (including phenoxy) is 1. The number of nitrogen functional groups attached to an aromatic ring is 1. The minimum absolute atomic E-state index is 0.0697. The highest BCUT2D eigenvalue weighted by Gasteiger charge is 2.13. The number of non-ortho nitro benzene ring substituents is 1. The molecule has 0 heterocycles. The molecule has 0 aliphatic heterocycles. The van der Waals surface area contributed by atoms with Crippen LogP contribution in [-0.4, -0.2) is 4.92 Å². The van der Waals surface area contributed by atoms with Gasteiger partial charge in [0, 0.05) is 12.1 Å². The van der Waals surface area contributed by atoms with Gasteiger partial charge in [0.25, 0.3) is 5.69 Å². The van der Waals surface area contributed by atoms with Gasteiger partial charge in [0.15, 0.2) is 17.3 Å². The summed E-state index contributed by atoms with van der Waals surface area (Å²) in [5.41, 5.74) is 5.44. The van der Waals surface area contributed by atoms with Gasteiger partial charge >= 0.3 is 0 Å². The SMILES string of the molecule is Nc1ccc([N+](=O)[O-])cc1Oc1ccc(F)cc1F. The Bertz CT molecular complexity index is 647. The highest BCUT2D eigenvalue weighted by molar-refractivity contribution is 5.58. The van der Waals surface area contributed by atoms with Crippen LogP contribution >= 0.6 is 0 Å². The van der Waals surface area contributed by atoms with E-state index in [2.05, 4.69) is 0 Å². The van der Waals surface area contributed by atoms with Crippen LogP contribution < -0.4 is 10.5 Å². The Morgan fingerprint density at radius 2 is 1.84 bits per heavy atom. The lowest BCUT2D eigenvalue weighted by molar-refractivity contribution is -0.384. The molecule has 0 aromatic heterocycles. The first-order valence-corrected chi connectivity index (χ1v) is 5.14. The molecule has 7 heteroatoms. The van der Waals surface area contributed by atoms with Gasteiger partial charge in [0.2, 0.25) is 0 Å². The van der Waals surface area contributed by atoms with Crippen molar-refractivity contribution in [3.63, 3.8) is 0 Å². The fourth-order valence-corrected chi connectivity index (χ4v) is 1.40. The van der Waals surface area contributed by atoms with Crippen LogP contribution in [-0.2, 0) is 0 Å². The topological polar surface area (TPSA) is 78.4 Å². The monoisotopic (exact) mass is 266 g/mol. The largest absolute Gasteiger partial charge is 0.452 e. The number of halogens is 2. The van der Waals surface area contributed by atoms with E-state index in [4.69, 9.17) is 10.5 Å². The zero-order valence-corrected chi connectivity index (χ0v) is 9.47. The van der Waals surface area contributed by atoms with Crippen LogP contribution in [0.2, 0.25) is 0 Å². The van der Waals surface area contributed by atoms with Crippen LogP contribution in [0.25, 0.3) is 0 Å². The van der Waals surface area contributed by atoms with Gasteiger partial charge in [-0.1, -0.05) is 0 Å². The molecule has 0 fully saturated rings. The van der Waals surface area contributed by atoms with Crippen molar-refractivity contribution in [3.8, 4) is 11.5 Å². The third-order valence-electron chi connectivity index (χ3n) is 2.32. The molecule has 0 bridgehead atoms. The van der Waals surface area contributed by atoms with Crippen molar-refractivity contribution in [2.75, 3.05) is 5.73 Å². The Morgan fingerprint density at radius 1 is 1.11 bits per heavy atom. The van der Waals surface area contributed by atoms with Crippen LogP contribution in [0.5, 0.6) is 11.5 Å². The molecule has 0 atom stereocenters. The van der Waals surface area contributed by atoms with Crippen molar-refractivity contribution in [1.29, 1.82) is 0 Å². The molecule has 0 saturated heterocycles. The summed E-state index contributed by atoms with van der Waals surface area (Å²) in [6.45, 7) is 0. The standard InChI is InChI=1S/C12H8F2N2O3/c13-7-1-4-11(9(14)5-7)19-12-6-8(16(17)18)2-3-10(12)15/h1-6H,15H2. The summed E-state index contributed by atoms with van der Waals surface area (Å²) < 4.78 is 31.2. The average Bonchev–Trinajstić information content (AvgIpc) is 2.34. The molecule has 0 spiro atoms. The van der Waals surface area contributed by atoms with E-state index in [0.29, 0.717) is 6.07 Å². The predicted molar refractivity (Wildman–Crippen MR) is 63.9 cm³/mol. The van der Waals surface area contributed by atoms with Gasteiger partial charge in [-0.05, 0) is 18.2 Å². The molecule has 2 aromatic rings. The normalized spacial score (nSPS) is 10.2. The smallest absolute Gasteiger partial charge is 0.273 e. The van der Waals surface area contributed by atoms with Crippen molar-refractivity contribution in [2.45, 2.75) is 0 Å². The molecule has 2 rings (SSSR count). The zero-order chi connectivity index (χ0) is 14.0. The summed E-state index contributed by atoms with van der Waals surface area (Å²) in [4.78, 5) is 9.98. The molecule has 98 valence electrons. The number of benzene rings is 2. The van der Waals surface area contributed by atoms with Gasteiger partial charge in [0.05, 0.1) is 16.7 Å².